The molecule has 0 atom stereocenters. The van der Waals surface area contributed by atoms with E-state index in [4.69, 9.17) is 4.74 Å². The lowest BCUT2D eigenvalue weighted by molar-refractivity contribution is -0.119. The fourth-order valence-electron chi connectivity index (χ4n) is 3.16. The van der Waals surface area contributed by atoms with E-state index < -0.39 is 15.9 Å². The van der Waals surface area contributed by atoms with Gasteiger partial charge in [0.05, 0.1) is 17.1 Å². The highest BCUT2D eigenvalue weighted by molar-refractivity contribution is 7.92. The van der Waals surface area contributed by atoms with Crippen LogP contribution in [0.25, 0.3) is 0 Å². The highest BCUT2D eigenvalue weighted by Gasteiger charge is 2.28. The summed E-state index contributed by atoms with van der Waals surface area (Å²) >= 11 is 0. The molecular formula is C25H28N2O4S. The topological polar surface area (TPSA) is 75.7 Å². The molecule has 0 saturated carbocycles. The van der Waals surface area contributed by atoms with Crippen LogP contribution in [0.15, 0.2) is 77.7 Å². The molecule has 0 aromatic heterocycles. The van der Waals surface area contributed by atoms with E-state index in [-0.39, 0.29) is 24.6 Å². The Morgan fingerprint density at radius 3 is 2.09 bits per heavy atom. The Labute approximate surface area is 189 Å². The number of benzene rings is 3. The van der Waals surface area contributed by atoms with Crippen LogP contribution in [0.5, 0.6) is 5.75 Å². The number of hydrogen-bond donors (Lipinski definition) is 1. The molecule has 0 saturated heterocycles. The molecule has 7 heteroatoms. The molecule has 168 valence electrons. The number of nitrogens with zero attached hydrogens (tertiary/aromatic N) is 1. The van der Waals surface area contributed by atoms with Crippen molar-refractivity contribution in [3.8, 4) is 5.75 Å². The van der Waals surface area contributed by atoms with Crippen molar-refractivity contribution in [3.63, 3.8) is 0 Å². The van der Waals surface area contributed by atoms with Gasteiger partial charge in [-0.05, 0) is 56.7 Å². The van der Waals surface area contributed by atoms with Crippen LogP contribution >= 0.6 is 0 Å². The summed E-state index contributed by atoms with van der Waals surface area (Å²) in [5.41, 5.74) is 3.33. The summed E-state index contributed by atoms with van der Waals surface area (Å²) in [6.07, 6.45) is 0. The lowest BCUT2D eigenvalue weighted by Gasteiger charge is -2.25. The van der Waals surface area contributed by atoms with Crippen molar-refractivity contribution in [3.05, 3.63) is 89.5 Å². The van der Waals surface area contributed by atoms with Gasteiger partial charge in [0.2, 0.25) is 5.91 Å². The van der Waals surface area contributed by atoms with Gasteiger partial charge in [-0.1, -0.05) is 53.6 Å². The second-order valence-electron chi connectivity index (χ2n) is 7.62. The molecule has 3 aromatic rings. The number of sulfonamides is 1. The first-order valence-corrected chi connectivity index (χ1v) is 11.8. The second-order valence-corrected chi connectivity index (χ2v) is 9.48. The fourth-order valence-corrected chi connectivity index (χ4v) is 4.65. The number of carbonyl (C=O) groups excluding carboxylic acids is 1. The molecule has 0 bridgehead atoms. The zero-order valence-electron chi connectivity index (χ0n) is 18.5. The summed E-state index contributed by atoms with van der Waals surface area (Å²) in [5.74, 6) is 0.310. The van der Waals surface area contributed by atoms with Crippen LogP contribution in [0.1, 0.15) is 16.7 Å². The monoisotopic (exact) mass is 452 g/mol. The van der Waals surface area contributed by atoms with Gasteiger partial charge in [0.15, 0.2) is 0 Å². The van der Waals surface area contributed by atoms with Gasteiger partial charge in [-0.25, -0.2) is 8.42 Å². The third kappa shape index (κ3) is 5.88. The van der Waals surface area contributed by atoms with Gasteiger partial charge >= 0.3 is 0 Å². The van der Waals surface area contributed by atoms with Crippen molar-refractivity contribution in [1.82, 2.24) is 5.32 Å². The maximum absolute atomic E-state index is 13.4. The third-order valence-electron chi connectivity index (χ3n) is 4.99. The zero-order chi connectivity index (χ0) is 23.1. The first-order valence-electron chi connectivity index (χ1n) is 10.4. The number of nitrogens with one attached hydrogen (secondary N) is 1. The number of amides is 1. The summed E-state index contributed by atoms with van der Waals surface area (Å²) in [4.78, 5) is 12.8. The van der Waals surface area contributed by atoms with Gasteiger partial charge < -0.3 is 10.1 Å². The Morgan fingerprint density at radius 2 is 1.47 bits per heavy atom. The van der Waals surface area contributed by atoms with Gasteiger partial charge in [-0.3, -0.25) is 9.10 Å². The van der Waals surface area contributed by atoms with Gasteiger partial charge in [-0.15, -0.1) is 0 Å². The van der Waals surface area contributed by atoms with Crippen LogP contribution in [0, 0.1) is 20.8 Å². The maximum atomic E-state index is 13.4. The predicted molar refractivity (Wildman–Crippen MR) is 127 cm³/mol. The minimum atomic E-state index is -3.92. The van der Waals surface area contributed by atoms with Crippen molar-refractivity contribution >= 4 is 21.6 Å². The van der Waals surface area contributed by atoms with Gasteiger partial charge in [-0.2, -0.15) is 0 Å². The summed E-state index contributed by atoms with van der Waals surface area (Å²) in [6.45, 7) is 5.92. The zero-order valence-corrected chi connectivity index (χ0v) is 19.4. The molecule has 3 aromatic carbocycles. The van der Waals surface area contributed by atoms with Crippen LogP contribution < -0.4 is 14.4 Å². The van der Waals surface area contributed by atoms with E-state index in [1.54, 1.807) is 36.4 Å². The first kappa shape index (κ1) is 23.3. The largest absolute Gasteiger partial charge is 0.492 e. The van der Waals surface area contributed by atoms with Crippen molar-refractivity contribution < 1.29 is 17.9 Å². The number of aryl methyl sites for hydroxylation is 3. The highest BCUT2D eigenvalue weighted by atomic mass is 32.2. The first-order chi connectivity index (χ1) is 15.3. The number of anilines is 1. The van der Waals surface area contributed by atoms with Crippen LogP contribution in [-0.2, 0) is 14.8 Å². The summed E-state index contributed by atoms with van der Waals surface area (Å²) < 4.78 is 33.6. The van der Waals surface area contributed by atoms with E-state index in [0.29, 0.717) is 11.4 Å². The quantitative estimate of drug-likeness (QED) is 0.498. The summed E-state index contributed by atoms with van der Waals surface area (Å²) in [5, 5.41) is 2.75. The van der Waals surface area contributed by atoms with Gasteiger partial charge in [0.25, 0.3) is 10.0 Å². The number of carbonyl (C=O) groups is 1. The number of ether oxygens (including phenoxy) is 1. The van der Waals surface area contributed by atoms with E-state index in [9.17, 15) is 13.2 Å². The third-order valence-corrected chi connectivity index (χ3v) is 6.77. The van der Waals surface area contributed by atoms with E-state index >= 15 is 0 Å². The maximum Gasteiger partial charge on any atom is 0.264 e. The summed E-state index contributed by atoms with van der Waals surface area (Å²) in [7, 11) is -3.92. The molecule has 32 heavy (non-hydrogen) atoms. The van der Waals surface area contributed by atoms with Crippen LogP contribution in [0.3, 0.4) is 0 Å². The molecule has 3 rings (SSSR count). The molecule has 0 aliphatic rings. The smallest absolute Gasteiger partial charge is 0.264 e. The van der Waals surface area contributed by atoms with Crippen LogP contribution in [0.4, 0.5) is 5.69 Å². The van der Waals surface area contributed by atoms with Crippen molar-refractivity contribution in [2.75, 3.05) is 24.0 Å². The van der Waals surface area contributed by atoms with E-state index in [1.165, 1.54) is 0 Å². The molecule has 6 nitrogen and oxygen atoms in total. The molecule has 0 aliphatic heterocycles. The molecule has 0 heterocycles. The Morgan fingerprint density at radius 1 is 0.875 bits per heavy atom. The van der Waals surface area contributed by atoms with E-state index in [1.807, 2.05) is 57.2 Å². The SMILES string of the molecule is Cc1ccc(OCCNC(=O)CN(c2ccccc2C)S(=O)(=O)c2ccc(C)cc2)cc1. The van der Waals surface area contributed by atoms with E-state index in [2.05, 4.69) is 5.32 Å². The van der Waals surface area contributed by atoms with Gasteiger partial charge in [0.1, 0.15) is 18.9 Å². The average molecular weight is 453 g/mol. The van der Waals surface area contributed by atoms with E-state index in [0.717, 1.165) is 21.0 Å². The Bertz CT molecular complexity index is 1160. The number of para-hydroxylation sites is 1. The molecule has 0 fully saturated rings. The van der Waals surface area contributed by atoms with Crippen LogP contribution in [-0.4, -0.2) is 34.0 Å². The number of rotatable bonds is 9. The Balaban J connectivity index is 1.71. The van der Waals surface area contributed by atoms with Crippen molar-refractivity contribution in [2.24, 2.45) is 0 Å². The Kier molecular flexibility index (Phi) is 7.53. The molecular weight excluding hydrogens is 424 g/mol. The molecule has 0 unspecified atom stereocenters. The average Bonchev–Trinajstić information content (AvgIpc) is 2.77. The predicted octanol–water partition coefficient (Wildman–Crippen LogP) is 4.00. The minimum absolute atomic E-state index is 0.141. The van der Waals surface area contributed by atoms with Crippen molar-refractivity contribution in [1.29, 1.82) is 0 Å². The molecule has 0 aliphatic carbocycles. The number of hydrogen-bond acceptors (Lipinski definition) is 4. The molecule has 1 N–H and O–H groups in total. The molecule has 1 amide bonds. The fraction of sp³-hybridized carbons (Fsp3) is 0.240. The van der Waals surface area contributed by atoms with Gasteiger partial charge in [0, 0.05) is 0 Å². The molecule has 0 radical (unpaired) electrons. The highest BCUT2D eigenvalue weighted by Crippen LogP contribution is 2.26. The minimum Gasteiger partial charge on any atom is -0.492 e. The lowest BCUT2D eigenvalue weighted by Crippen LogP contribution is -2.42. The lowest BCUT2D eigenvalue weighted by atomic mass is 10.2. The van der Waals surface area contributed by atoms with Crippen LogP contribution in [0.2, 0.25) is 0 Å². The summed E-state index contributed by atoms with van der Waals surface area (Å²) in [6, 6.07) is 21.3. The van der Waals surface area contributed by atoms with Crippen molar-refractivity contribution in [2.45, 2.75) is 25.7 Å². The molecule has 0 spiro atoms. The second kappa shape index (κ2) is 10.3. The normalized spacial score (nSPS) is 11.1. The standard InChI is InChI=1S/C25H28N2O4S/c1-19-8-12-22(13-9-19)31-17-16-26-25(28)18-27(24-7-5-4-6-21(24)3)32(29,30)23-14-10-20(2)11-15-23/h4-15H,16-18H2,1-3H3,(H,26,28). The Hall–Kier alpha value is -3.32.